The van der Waals surface area contributed by atoms with E-state index in [1.807, 2.05) is 0 Å². The Morgan fingerprint density at radius 3 is 2.93 bits per heavy atom. The minimum atomic E-state index is 0.0536. The molecule has 3 nitrogen and oxygen atoms in total. The van der Waals surface area contributed by atoms with Gasteiger partial charge in [0.1, 0.15) is 6.23 Å². The number of nitrogens with zero attached hydrogens (tertiary/aromatic N) is 1. The predicted molar refractivity (Wildman–Crippen MR) is 60.5 cm³/mol. The van der Waals surface area contributed by atoms with E-state index in [2.05, 4.69) is 6.92 Å². The van der Waals surface area contributed by atoms with E-state index in [0.29, 0.717) is 0 Å². The Kier molecular flexibility index (Phi) is 6.41. The largest absolute Gasteiger partial charge is 0.358 e. The Labute approximate surface area is 92.8 Å². The van der Waals surface area contributed by atoms with Crippen molar-refractivity contribution < 1.29 is 9.53 Å². The summed E-state index contributed by atoms with van der Waals surface area (Å²) in [4.78, 5) is 12.5. The van der Waals surface area contributed by atoms with E-state index in [4.69, 9.17) is 4.74 Å². The molecule has 0 spiro atoms. The Morgan fingerprint density at radius 2 is 2.20 bits per heavy atom. The lowest BCUT2D eigenvalue weighted by molar-refractivity contribution is -0.137. The van der Waals surface area contributed by atoms with E-state index in [-0.39, 0.29) is 6.23 Å². The van der Waals surface area contributed by atoms with Crippen molar-refractivity contribution in [2.24, 2.45) is 0 Å². The molecule has 0 radical (unpaired) electrons. The molecule has 88 valence electrons. The maximum Gasteiger partial charge on any atom is 0.211 e. The molecule has 1 rings (SSSR count). The van der Waals surface area contributed by atoms with Crippen LogP contribution in [0.5, 0.6) is 0 Å². The average Bonchev–Trinajstić information content (AvgIpc) is 2.29. The van der Waals surface area contributed by atoms with Gasteiger partial charge in [0.25, 0.3) is 0 Å². The number of hydrogen-bond acceptors (Lipinski definition) is 2. The summed E-state index contributed by atoms with van der Waals surface area (Å²) in [5, 5.41) is 0. The quantitative estimate of drug-likeness (QED) is 0.480. The second kappa shape index (κ2) is 7.69. The van der Waals surface area contributed by atoms with Crippen LogP contribution in [-0.2, 0) is 9.53 Å². The maximum absolute atomic E-state index is 10.8. The molecule has 1 fully saturated rings. The summed E-state index contributed by atoms with van der Waals surface area (Å²) in [6.07, 6.45) is 9.19. The summed E-state index contributed by atoms with van der Waals surface area (Å²) in [5.74, 6) is 0. The van der Waals surface area contributed by atoms with Gasteiger partial charge in [0, 0.05) is 13.2 Å². The van der Waals surface area contributed by atoms with Gasteiger partial charge >= 0.3 is 0 Å². The molecule has 0 N–H and O–H groups in total. The molecule has 15 heavy (non-hydrogen) atoms. The van der Waals surface area contributed by atoms with Crippen LogP contribution in [0.2, 0.25) is 0 Å². The van der Waals surface area contributed by atoms with Crippen molar-refractivity contribution in [1.82, 2.24) is 4.90 Å². The Balaban J connectivity index is 2.09. The van der Waals surface area contributed by atoms with Crippen LogP contribution in [0.4, 0.5) is 0 Å². The fourth-order valence-corrected chi connectivity index (χ4v) is 1.97. The third-order valence-corrected chi connectivity index (χ3v) is 2.93. The van der Waals surface area contributed by atoms with Crippen molar-refractivity contribution in [3.05, 3.63) is 0 Å². The first-order valence-corrected chi connectivity index (χ1v) is 6.21. The zero-order valence-electron chi connectivity index (χ0n) is 9.78. The van der Waals surface area contributed by atoms with Crippen molar-refractivity contribution in [2.75, 3.05) is 13.2 Å². The van der Waals surface area contributed by atoms with Crippen molar-refractivity contribution in [2.45, 2.75) is 58.1 Å². The molecule has 1 aliphatic heterocycles. The second-order valence-electron chi connectivity index (χ2n) is 4.23. The summed E-state index contributed by atoms with van der Waals surface area (Å²) in [7, 11) is 0. The fourth-order valence-electron chi connectivity index (χ4n) is 1.97. The third-order valence-electron chi connectivity index (χ3n) is 2.93. The number of unbranched alkanes of at least 4 members (excludes halogenated alkanes) is 3. The van der Waals surface area contributed by atoms with Crippen LogP contribution in [0.1, 0.15) is 51.9 Å². The topological polar surface area (TPSA) is 29.5 Å². The molecular formula is C12H23NO2. The van der Waals surface area contributed by atoms with Gasteiger partial charge in [-0.3, -0.25) is 4.79 Å². The normalized spacial score (nSPS) is 21.7. The monoisotopic (exact) mass is 213 g/mol. The molecule has 1 amide bonds. The molecule has 0 saturated carbocycles. The van der Waals surface area contributed by atoms with E-state index in [0.717, 1.165) is 38.8 Å². The van der Waals surface area contributed by atoms with Gasteiger partial charge in [-0.1, -0.05) is 26.2 Å². The highest BCUT2D eigenvalue weighted by Gasteiger charge is 2.20. The van der Waals surface area contributed by atoms with E-state index >= 15 is 0 Å². The van der Waals surface area contributed by atoms with Crippen LogP contribution < -0.4 is 0 Å². The zero-order valence-corrected chi connectivity index (χ0v) is 9.78. The fraction of sp³-hybridized carbons (Fsp3) is 0.917. The van der Waals surface area contributed by atoms with E-state index in [1.165, 1.54) is 25.7 Å². The summed E-state index contributed by atoms with van der Waals surface area (Å²) in [6.45, 7) is 3.87. The number of ether oxygens (including phenoxy) is 1. The van der Waals surface area contributed by atoms with E-state index < -0.39 is 0 Å². The second-order valence-corrected chi connectivity index (χ2v) is 4.23. The zero-order chi connectivity index (χ0) is 10.9. The first-order valence-electron chi connectivity index (χ1n) is 6.21. The minimum Gasteiger partial charge on any atom is -0.358 e. The average molecular weight is 213 g/mol. The SMILES string of the molecule is CCCCCCOC1CCCCN1C=O. The highest BCUT2D eigenvalue weighted by Crippen LogP contribution is 2.16. The molecule has 1 saturated heterocycles. The number of hydrogen-bond donors (Lipinski definition) is 0. The standard InChI is InChI=1S/C12H23NO2/c1-2-3-4-7-10-15-12-8-5-6-9-13(12)11-14/h11-12H,2-10H2,1H3. The Morgan fingerprint density at radius 1 is 1.33 bits per heavy atom. The van der Waals surface area contributed by atoms with Crippen molar-refractivity contribution in [1.29, 1.82) is 0 Å². The van der Waals surface area contributed by atoms with Crippen molar-refractivity contribution in [3.63, 3.8) is 0 Å². The minimum absolute atomic E-state index is 0.0536. The number of carbonyl (C=O) groups excluding carboxylic acids is 1. The predicted octanol–water partition coefficient (Wildman–Crippen LogP) is 2.55. The first kappa shape index (κ1) is 12.5. The highest BCUT2D eigenvalue weighted by atomic mass is 16.5. The molecule has 1 atom stereocenters. The number of likely N-dealkylation sites (tertiary alicyclic amines) is 1. The molecule has 3 heteroatoms. The Bertz CT molecular complexity index is 173. The molecular weight excluding hydrogens is 190 g/mol. The third kappa shape index (κ3) is 4.65. The van der Waals surface area contributed by atoms with Crippen LogP contribution in [0.25, 0.3) is 0 Å². The van der Waals surface area contributed by atoms with Crippen molar-refractivity contribution >= 4 is 6.41 Å². The van der Waals surface area contributed by atoms with Gasteiger partial charge in [-0.05, 0) is 25.7 Å². The molecule has 0 aromatic rings. The number of amides is 1. The molecule has 0 bridgehead atoms. The van der Waals surface area contributed by atoms with Crippen molar-refractivity contribution in [3.8, 4) is 0 Å². The van der Waals surface area contributed by atoms with Crippen LogP contribution in [0.3, 0.4) is 0 Å². The lowest BCUT2D eigenvalue weighted by Crippen LogP contribution is -2.40. The smallest absolute Gasteiger partial charge is 0.211 e. The molecule has 1 heterocycles. The summed E-state index contributed by atoms with van der Waals surface area (Å²) >= 11 is 0. The van der Waals surface area contributed by atoms with Gasteiger partial charge in [0.2, 0.25) is 6.41 Å². The maximum atomic E-state index is 10.8. The summed E-state index contributed by atoms with van der Waals surface area (Å²) < 4.78 is 5.73. The van der Waals surface area contributed by atoms with Gasteiger partial charge in [-0.15, -0.1) is 0 Å². The number of piperidine rings is 1. The number of rotatable bonds is 7. The first-order chi connectivity index (χ1) is 7.38. The van der Waals surface area contributed by atoms with E-state index in [1.54, 1.807) is 4.90 Å². The molecule has 1 aliphatic rings. The van der Waals surface area contributed by atoms with Crippen LogP contribution in [0, 0.1) is 0 Å². The van der Waals surface area contributed by atoms with Gasteiger partial charge < -0.3 is 9.64 Å². The van der Waals surface area contributed by atoms with Gasteiger partial charge in [0.15, 0.2) is 0 Å². The lowest BCUT2D eigenvalue weighted by atomic mass is 10.1. The van der Waals surface area contributed by atoms with Gasteiger partial charge in [0.05, 0.1) is 0 Å². The van der Waals surface area contributed by atoms with Crippen LogP contribution in [0.15, 0.2) is 0 Å². The lowest BCUT2D eigenvalue weighted by Gasteiger charge is -2.32. The molecule has 0 aliphatic carbocycles. The molecule has 1 unspecified atom stereocenters. The van der Waals surface area contributed by atoms with Gasteiger partial charge in [-0.2, -0.15) is 0 Å². The molecule has 0 aromatic heterocycles. The molecule has 0 aromatic carbocycles. The van der Waals surface area contributed by atoms with Crippen LogP contribution >= 0.6 is 0 Å². The highest BCUT2D eigenvalue weighted by molar-refractivity contribution is 5.47. The summed E-state index contributed by atoms with van der Waals surface area (Å²) in [6, 6.07) is 0. The van der Waals surface area contributed by atoms with Gasteiger partial charge in [-0.25, -0.2) is 0 Å². The summed E-state index contributed by atoms with van der Waals surface area (Å²) in [5.41, 5.74) is 0. The van der Waals surface area contributed by atoms with Crippen LogP contribution in [-0.4, -0.2) is 30.7 Å². The Hall–Kier alpha value is -0.570. The number of carbonyl (C=O) groups is 1. The van der Waals surface area contributed by atoms with E-state index in [9.17, 15) is 4.79 Å².